The predicted octanol–water partition coefficient (Wildman–Crippen LogP) is 2.41. The minimum atomic E-state index is -0.598. The topological polar surface area (TPSA) is 70.1 Å². The van der Waals surface area contributed by atoms with E-state index in [-0.39, 0.29) is 5.91 Å². The van der Waals surface area contributed by atoms with Gasteiger partial charge in [0.15, 0.2) is 0 Å². The Kier molecular flexibility index (Phi) is 3.20. The largest absolute Gasteiger partial charge is 0.316 e. The van der Waals surface area contributed by atoms with Gasteiger partial charge in [-0.1, -0.05) is 29.8 Å². The summed E-state index contributed by atoms with van der Waals surface area (Å²) in [5, 5.41) is 8.95. The third-order valence-electron chi connectivity index (χ3n) is 3.74. The lowest BCUT2D eigenvalue weighted by atomic mass is 10.1. The SMILES string of the molecule is Cc1ccc2c(c1)C(N)C(=O)N2Cc1cccc(C#N)c1. The van der Waals surface area contributed by atoms with Crippen LogP contribution in [-0.4, -0.2) is 5.91 Å². The summed E-state index contributed by atoms with van der Waals surface area (Å²) in [6.45, 7) is 2.41. The molecule has 104 valence electrons. The van der Waals surface area contributed by atoms with Crippen molar-refractivity contribution in [1.82, 2.24) is 0 Å². The molecule has 0 saturated carbocycles. The first-order valence-corrected chi connectivity index (χ1v) is 6.76. The van der Waals surface area contributed by atoms with Crippen LogP contribution in [0.25, 0.3) is 0 Å². The molecule has 1 amide bonds. The summed E-state index contributed by atoms with van der Waals surface area (Å²) in [5.41, 5.74) is 10.3. The van der Waals surface area contributed by atoms with Crippen LogP contribution >= 0.6 is 0 Å². The summed E-state index contributed by atoms with van der Waals surface area (Å²) in [5.74, 6) is -0.0991. The summed E-state index contributed by atoms with van der Waals surface area (Å²) in [6.07, 6.45) is 0. The van der Waals surface area contributed by atoms with Crippen molar-refractivity contribution >= 4 is 11.6 Å². The van der Waals surface area contributed by atoms with E-state index in [2.05, 4.69) is 6.07 Å². The molecular weight excluding hydrogens is 262 g/mol. The average Bonchev–Trinajstić information content (AvgIpc) is 2.72. The Morgan fingerprint density at radius 1 is 1.29 bits per heavy atom. The highest BCUT2D eigenvalue weighted by Gasteiger charge is 2.34. The summed E-state index contributed by atoms with van der Waals surface area (Å²) >= 11 is 0. The molecule has 4 heteroatoms. The number of aryl methyl sites for hydroxylation is 1. The van der Waals surface area contributed by atoms with E-state index in [9.17, 15) is 4.79 Å². The Labute approximate surface area is 123 Å². The van der Waals surface area contributed by atoms with Crippen LogP contribution in [-0.2, 0) is 11.3 Å². The monoisotopic (exact) mass is 277 g/mol. The number of benzene rings is 2. The number of amides is 1. The van der Waals surface area contributed by atoms with E-state index >= 15 is 0 Å². The minimum absolute atomic E-state index is 0.0991. The maximum Gasteiger partial charge on any atom is 0.248 e. The Morgan fingerprint density at radius 2 is 2.10 bits per heavy atom. The number of carbonyl (C=O) groups excluding carboxylic acids is 1. The molecule has 1 unspecified atom stereocenters. The van der Waals surface area contributed by atoms with Crippen LogP contribution in [0, 0.1) is 18.3 Å². The second-order valence-electron chi connectivity index (χ2n) is 5.28. The van der Waals surface area contributed by atoms with Crippen LogP contribution in [0.5, 0.6) is 0 Å². The quantitative estimate of drug-likeness (QED) is 0.916. The van der Waals surface area contributed by atoms with Gasteiger partial charge in [-0.15, -0.1) is 0 Å². The van der Waals surface area contributed by atoms with Gasteiger partial charge in [0.05, 0.1) is 18.2 Å². The minimum Gasteiger partial charge on any atom is -0.316 e. The Bertz CT molecular complexity index is 761. The zero-order valence-corrected chi connectivity index (χ0v) is 11.7. The maximum atomic E-state index is 12.4. The number of nitriles is 1. The number of nitrogens with zero attached hydrogens (tertiary/aromatic N) is 2. The number of rotatable bonds is 2. The summed E-state index contributed by atoms with van der Waals surface area (Å²) in [4.78, 5) is 14.1. The third-order valence-corrected chi connectivity index (χ3v) is 3.74. The van der Waals surface area contributed by atoms with Gasteiger partial charge < -0.3 is 10.6 Å². The zero-order valence-electron chi connectivity index (χ0n) is 11.7. The molecule has 21 heavy (non-hydrogen) atoms. The molecule has 2 aromatic carbocycles. The number of carbonyl (C=O) groups is 1. The Hall–Kier alpha value is -2.64. The smallest absolute Gasteiger partial charge is 0.248 e. The lowest BCUT2D eigenvalue weighted by Crippen LogP contribution is -2.31. The Morgan fingerprint density at radius 3 is 2.86 bits per heavy atom. The van der Waals surface area contributed by atoms with Crippen molar-refractivity contribution in [2.75, 3.05) is 4.90 Å². The molecule has 0 aromatic heterocycles. The van der Waals surface area contributed by atoms with Gasteiger partial charge in [0.1, 0.15) is 6.04 Å². The van der Waals surface area contributed by atoms with Crippen molar-refractivity contribution in [2.45, 2.75) is 19.5 Å². The highest BCUT2D eigenvalue weighted by atomic mass is 16.2. The van der Waals surface area contributed by atoms with Gasteiger partial charge in [0, 0.05) is 11.3 Å². The average molecular weight is 277 g/mol. The van der Waals surface area contributed by atoms with E-state index in [0.29, 0.717) is 12.1 Å². The van der Waals surface area contributed by atoms with Crippen LogP contribution < -0.4 is 10.6 Å². The summed E-state index contributed by atoms with van der Waals surface area (Å²) < 4.78 is 0. The standard InChI is InChI=1S/C17H15N3O/c1-11-5-6-15-14(7-11)16(19)17(21)20(15)10-13-4-2-3-12(8-13)9-18/h2-8,16H,10,19H2,1H3. The van der Waals surface area contributed by atoms with Crippen molar-refractivity contribution in [3.63, 3.8) is 0 Å². The fourth-order valence-corrected chi connectivity index (χ4v) is 2.67. The first-order valence-electron chi connectivity index (χ1n) is 6.76. The van der Waals surface area contributed by atoms with E-state index in [4.69, 9.17) is 11.0 Å². The fourth-order valence-electron chi connectivity index (χ4n) is 2.67. The van der Waals surface area contributed by atoms with E-state index in [1.54, 1.807) is 17.0 Å². The highest BCUT2D eigenvalue weighted by Crippen LogP contribution is 2.36. The van der Waals surface area contributed by atoms with Crippen LogP contribution in [0.4, 0.5) is 5.69 Å². The third kappa shape index (κ3) is 2.28. The van der Waals surface area contributed by atoms with Gasteiger partial charge in [-0.3, -0.25) is 4.79 Å². The van der Waals surface area contributed by atoms with Crippen LogP contribution in [0.1, 0.15) is 28.3 Å². The molecule has 0 bridgehead atoms. The molecule has 0 radical (unpaired) electrons. The molecule has 0 spiro atoms. The van der Waals surface area contributed by atoms with E-state index < -0.39 is 6.04 Å². The second kappa shape index (κ2) is 5.04. The second-order valence-corrected chi connectivity index (χ2v) is 5.28. The fraction of sp³-hybridized carbons (Fsp3) is 0.176. The number of fused-ring (bicyclic) bond motifs is 1. The molecule has 0 fully saturated rings. The molecule has 2 aromatic rings. The van der Waals surface area contributed by atoms with Crippen molar-refractivity contribution < 1.29 is 4.79 Å². The molecule has 2 N–H and O–H groups in total. The lowest BCUT2D eigenvalue weighted by Gasteiger charge is -2.18. The predicted molar refractivity (Wildman–Crippen MR) is 80.5 cm³/mol. The van der Waals surface area contributed by atoms with Crippen LogP contribution in [0.3, 0.4) is 0 Å². The van der Waals surface area contributed by atoms with Crippen LogP contribution in [0.2, 0.25) is 0 Å². The molecule has 1 heterocycles. The van der Waals surface area contributed by atoms with Gasteiger partial charge in [0.2, 0.25) is 5.91 Å². The van der Waals surface area contributed by atoms with Gasteiger partial charge in [-0.25, -0.2) is 0 Å². The highest BCUT2D eigenvalue weighted by molar-refractivity contribution is 6.04. The molecule has 1 aliphatic heterocycles. The molecule has 0 aliphatic carbocycles. The van der Waals surface area contributed by atoms with E-state index in [1.165, 1.54) is 0 Å². The van der Waals surface area contributed by atoms with Crippen molar-refractivity contribution in [3.05, 3.63) is 64.7 Å². The molecule has 3 rings (SSSR count). The zero-order chi connectivity index (χ0) is 15.0. The molecule has 1 aliphatic rings. The number of nitrogens with two attached hydrogens (primary N) is 1. The normalized spacial score (nSPS) is 16.7. The molecule has 1 atom stereocenters. The van der Waals surface area contributed by atoms with Crippen molar-refractivity contribution in [2.24, 2.45) is 5.73 Å². The lowest BCUT2D eigenvalue weighted by molar-refractivity contribution is -0.119. The number of anilines is 1. The van der Waals surface area contributed by atoms with Crippen LogP contribution in [0.15, 0.2) is 42.5 Å². The Balaban J connectivity index is 1.97. The number of hydrogen-bond donors (Lipinski definition) is 1. The summed E-state index contributed by atoms with van der Waals surface area (Å²) in [7, 11) is 0. The van der Waals surface area contributed by atoms with Gasteiger partial charge in [0.25, 0.3) is 0 Å². The van der Waals surface area contributed by atoms with Gasteiger partial charge >= 0.3 is 0 Å². The van der Waals surface area contributed by atoms with Crippen molar-refractivity contribution in [3.8, 4) is 6.07 Å². The van der Waals surface area contributed by atoms with Gasteiger partial charge in [-0.2, -0.15) is 5.26 Å². The maximum absolute atomic E-state index is 12.4. The first kappa shape index (κ1) is 13.3. The van der Waals surface area contributed by atoms with E-state index in [1.807, 2.05) is 37.3 Å². The van der Waals surface area contributed by atoms with E-state index in [0.717, 1.165) is 22.4 Å². The van der Waals surface area contributed by atoms with Crippen molar-refractivity contribution in [1.29, 1.82) is 5.26 Å². The molecule has 0 saturated heterocycles. The summed E-state index contributed by atoms with van der Waals surface area (Å²) in [6, 6.07) is 14.7. The van der Waals surface area contributed by atoms with Gasteiger partial charge in [-0.05, 0) is 30.7 Å². The molecule has 4 nitrogen and oxygen atoms in total. The molecular formula is C17H15N3O. The first-order chi connectivity index (χ1) is 10.1. The number of hydrogen-bond acceptors (Lipinski definition) is 3.